The Bertz CT molecular complexity index is 1220. The molecule has 0 atom stereocenters. The Balaban J connectivity index is 0.00000245. The molecule has 5 nitrogen and oxygen atoms in total. The molecule has 1 amide bonds. The van der Waals surface area contributed by atoms with Gasteiger partial charge in [-0.15, -0.1) is 35.1 Å². The van der Waals surface area contributed by atoms with Gasteiger partial charge in [0.05, 0.1) is 10.2 Å². The SMILES string of the molecule is CN1CCc2c(sc(NC(=O)COc3ccc(F)cc3)c2-c2nc3ccccc3s2)C1.Cl. The maximum absolute atomic E-state index is 13.1. The van der Waals surface area contributed by atoms with E-state index in [1.807, 2.05) is 18.2 Å². The molecule has 2 aromatic carbocycles. The molecular weight excluding hydrogens is 469 g/mol. The second-order valence-corrected chi connectivity index (χ2v) is 9.61. The van der Waals surface area contributed by atoms with Crippen molar-refractivity contribution in [3.05, 3.63) is 64.8 Å². The number of hydrogen-bond donors (Lipinski definition) is 1. The van der Waals surface area contributed by atoms with Gasteiger partial charge in [0.1, 0.15) is 21.6 Å². The fourth-order valence-electron chi connectivity index (χ4n) is 3.67. The van der Waals surface area contributed by atoms with E-state index in [1.165, 1.54) is 34.7 Å². The molecular formula is C23H21ClFN3O2S2. The van der Waals surface area contributed by atoms with Gasteiger partial charge in [-0.3, -0.25) is 4.79 Å². The molecule has 0 saturated carbocycles. The molecule has 9 heteroatoms. The van der Waals surface area contributed by atoms with Crippen LogP contribution in [0.2, 0.25) is 0 Å². The van der Waals surface area contributed by atoms with Crippen LogP contribution < -0.4 is 10.1 Å². The Hall–Kier alpha value is -2.52. The number of nitrogens with zero attached hydrogens (tertiary/aromatic N) is 2. The summed E-state index contributed by atoms with van der Waals surface area (Å²) in [7, 11) is 2.11. The van der Waals surface area contributed by atoms with E-state index in [-0.39, 0.29) is 30.7 Å². The topological polar surface area (TPSA) is 54.5 Å². The number of thiazole rings is 1. The largest absolute Gasteiger partial charge is 0.484 e. The lowest BCUT2D eigenvalue weighted by Crippen LogP contribution is -2.25. The molecule has 32 heavy (non-hydrogen) atoms. The van der Waals surface area contributed by atoms with E-state index in [0.29, 0.717) is 5.75 Å². The van der Waals surface area contributed by atoms with E-state index in [0.717, 1.165) is 45.3 Å². The summed E-state index contributed by atoms with van der Waals surface area (Å²) in [6.07, 6.45) is 0.926. The quantitative estimate of drug-likeness (QED) is 0.397. The summed E-state index contributed by atoms with van der Waals surface area (Å²) in [6.45, 7) is 1.69. The molecule has 0 radical (unpaired) electrons. The van der Waals surface area contributed by atoms with Crippen molar-refractivity contribution in [2.75, 3.05) is 25.5 Å². The number of ether oxygens (including phenoxy) is 1. The van der Waals surface area contributed by atoms with Gasteiger partial charge in [-0.1, -0.05) is 12.1 Å². The molecule has 0 unspecified atom stereocenters. The number of aromatic nitrogens is 1. The van der Waals surface area contributed by atoms with Gasteiger partial charge >= 0.3 is 0 Å². The van der Waals surface area contributed by atoms with Crippen molar-refractivity contribution in [2.45, 2.75) is 13.0 Å². The first-order chi connectivity index (χ1) is 15.1. The van der Waals surface area contributed by atoms with Crippen molar-refractivity contribution in [1.82, 2.24) is 9.88 Å². The lowest BCUT2D eigenvalue weighted by atomic mass is 10.0. The van der Waals surface area contributed by atoms with Gasteiger partial charge in [-0.05, 0) is 55.4 Å². The standard InChI is InChI=1S/C23H20FN3O2S2.ClH/c1-27-11-10-16-19(12-27)31-23(21(16)22-25-17-4-2-3-5-18(17)30-22)26-20(28)13-29-15-8-6-14(24)7-9-15;/h2-9H,10-13H2,1H3,(H,26,28);1H. The first kappa shape index (κ1) is 22.7. The van der Waals surface area contributed by atoms with Gasteiger partial charge in [0.2, 0.25) is 0 Å². The van der Waals surface area contributed by atoms with Crippen molar-refractivity contribution in [1.29, 1.82) is 0 Å². The number of hydrogen-bond acceptors (Lipinski definition) is 6. The minimum absolute atomic E-state index is 0. The van der Waals surface area contributed by atoms with Gasteiger partial charge in [0.15, 0.2) is 6.61 Å². The lowest BCUT2D eigenvalue weighted by Gasteiger charge is -2.22. The highest BCUT2D eigenvalue weighted by molar-refractivity contribution is 7.22. The van der Waals surface area contributed by atoms with Crippen LogP contribution in [-0.2, 0) is 17.8 Å². The Morgan fingerprint density at radius 1 is 1.19 bits per heavy atom. The molecule has 0 spiro atoms. The van der Waals surface area contributed by atoms with Crippen LogP contribution in [0.4, 0.5) is 9.39 Å². The van der Waals surface area contributed by atoms with Crippen LogP contribution in [-0.4, -0.2) is 36.0 Å². The number of thiophene rings is 1. The van der Waals surface area contributed by atoms with E-state index >= 15 is 0 Å². The smallest absolute Gasteiger partial charge is 0.262 e. The second kappa shape index (κ2) is 9.54. The van der Waals surface area contributed by atoms with Crippen LogP contribution in [0.25, 0.3) is 20.8 Å². The minimum atomic E-state index is -0.341. The van der Waals surface area contributed by atoms with Crippen LogP contribution in [0.15, 0.2) is 48.5 Å². The molecule has 2 aromatic heterocycles. The molecule has 0 saturated heterocycles. The molecule has 3 heterocycles. The first-order valence-electron chi connectivity index (χ1n) is 9.94. The van der Waals surface area contributed by atoms with Crippen LogP contribution in [0.5, 0.6) is 5.75 Å². The Morgan fingerprint density at radius 2 is 1.97 bits per heavy atom. The van der Waals surface area contributed by atoms with E-state index in [2.05, 4.69) is 23.3 Å². The number of anilines is 1. The zero-order valence-corrected chi connectivity index (χ0v) is 19.7. The fourth-order valence-corrected chi connectivity index (χ4v) is 6.12. The number of halogens is 2. The summed E-state index contributed by atoms with van der Waals surface area (Å²) < 4.78 is 19.7. The van der Waals surface area contributed by atoms with Crippen LogP contribution >= 0.6 is 35.1 Å². The molecule has 1 N–H and O–H groups in total. The summed E-state index contributed by atoms with van der Waals surface area (Å²) in [5.41, 5.74) is 3.27. The predicted octanol–water partition coefficient (Wildman–Crippen LogP) is 5.59. The van der Waals surface area contributed by atoms with Gasteiger partial charge < -0.3 is 15.0 Å². The highest BCUT2D eigenvalue weighted by Crippen LogP contribution is 2.45. The fraction of sp³-hybridized carbons (Fsp3) is 0.217. The van der Waals surface area contributed by atoms with Crippen LogP contribution in [0.3, 0.4) is 0 Å². The van der Waals surface area contributed by atoms with Crippen LogP contribution in [0, 0.1) is 5.82 Å². The maximum atomic E-state index is 13.1. The van der Waals surface area contributed by atoms with Crippen molar-refractivity contribution < 1.29 is 13.9 Å². The van der Waals surface area contributed by atoms with E-state index in [9.17, 15) is 9.18 Å². The third-order valence-electron chi connectivity index (χ3n) is 5.19. The molecule has 1 aliphatic heterocycles. The molecule has 4 aromatic rings. The highest BCUT2D eigenvalue weighted by atomic mass is 35.5. The van der Waals surface area contributed by atoms with Crippen molar-refractivity contribution in [3.8, 4) is 16.3 Å². The summed E-state index contributed by atoms with van der Waals surface area (Å²) in [5.74, 6) is -0.139. The van der Waals surface area contributed by atoms with E-state index in [4.69, 9.17) is 9.72 Å². The number of likely N-dealkylation sites (N-methyl/N-ethyl adjacent to an activating group) is 1. The third kappa shape index (κ3) is 4.63. The monoisotopic (exact) mass is 489 g/mol. The third-order valence-corrected chi connectivity index (χ3v) is 7.38. The highest BCUT2D eigenvalue weighted by Gasteiger charge is 2.26. The normalized spacial score (nSPS) is 13.4. The van der Waals surface area contributed by atoms with E-state index in [1.54, 1.807) is 22.7 Å². The number of carbonyl (C=O) groups excluding carboxylic acids is 1. The number of fused-ring (bicyclic) bond motifs is 2. The molecule has 5 rings (SSSR count). The van der Waals surface area contributed by atoms with E-state index < -0.39 is 0 Å². The number of carbonyl (C=O) groups is 1. The molecule has 0 fully saturated rings. The predicted molar refractivity (Wildman–Crippen MR) is 131 cm³/mol. The molecule has 0 bridgehead atoms. The summed E-state index contributed by atoms with van der Waals surface area (Å²) in [5, 5.41) is 4.78. The second-order valence-electron chi connectivity index (χ2n) is 7.47. The maximum Gasteiger partial charge on any atom is 0.262 e. The van der Waals surface area contributed by atoms with Gasteiger partial charge in [-0.2, -0.15) is 0 Å². The number of para-hydroxylation sites is 1. The number of amides is 1. The first-order valence-corrected chi connectivity index (χ1v) is 11.6. The van der Waals surface area contributed by atoms with Gasteiger partial charge in [0.25, 0.3) is 5.91 Å². The molecule has 0 aliphatic carbocycles. The van der Waals surface area contributed by atoms with Crippen LogP contribution in [0.1, 0.15) is 10.4 Å². The van der Waals surface area contributed by atoms with Crippen molar-refractivity contribution in [3.63, 3.8) is 0 Å². The Kier molecular flexibility index (Phi) is 6.76. The van der Waals surface area contributed by atoms with Gasteiger partial charge in [-0.25, -0.2) is 9.37 Å². The van der Waals surface area contributed by atoms with Gasteiger partial charge in [0, 0.05) is 23.5 Å². The zero-order valence-electron chi connectivity index (χ0n) is 17.3. The van der Waals surface area contributed by atoms with Crippen molar-refractivity contribution in [2.24, 2.45) is 0 Å². The number of nitrogens with one attached hydrogen (secondary N) is 1. The number of benzene rings is 2. The average Bonchev–Trinajstić information content (AvgIpc) is 3.33. The summed E-state index contributed by atoms with van der Waals surface area (Å²) in [4.78, 5) is 21.0. The summed E-state index contributed by atoms with van der Waals surface area (Å²) in [6, 6.07) is 13.7. The summed E-state index contributed by atoms with van der Waals surface area (Å²) >= 11 is 3.26. The Morgan fingerprint density at radius 3 is 2.75 bits per heavy atom. The lowest BCUT2D eigenvalue weighted by molar-refractivity contribution is -0.118. The number of rotatable bonds is 5. The minimum Gasteiger partial charge on any atom is -0.484 e. The Labute approximate surface area is 199 Å². The zero-order chi connectivity index (χ0) is 21.4. The van der Waals surface area contributed by atoms with Crippen molar-refractivity contribution >= 4 is 56.2 Å². The molecule has 1 aliphatic rings. The molecule has 166 valence electrons. The average molecular weight is 490 g/mol.